The monoisotopic (exact) mass is 534 g/mol. The largest absolute Gasteiger partial charge is 0.490 e. The van der Waals surface area contributed by atoms with E-state index in [1.165, 1.54) is 0 Å². The van der Waals surface area contributed by atoms with Gasteiger partial charge < -0.3 is 19.7 Å². The Balaban J connectivity index is 0.000000505. The van der Waals surface area contributed by atoms with Crippen LogP contribution in [0.15, 0.2) is 47.8 Å². The van der Waals surface area contributed by atoms with Gasteiger partial charge in [0.05, 0.1) is 18.8 Å². The van der Waals surface area contributed by atoms with Gasteiger partial charge in [0.15, 0.2) is 5.60 Å². The molecule has 0 bridgehead atoms. The summed E-state index contributed by atoms with van der Waals surface area (Å²) in [5.41, 5.74) is 3.43. The fourth-order valence-electron chi connectivity index (χ4n) is 4.43. The number of carboxylic acids is 1. The second-order valence-corrected chi connectivity index (χ2v) is 9.48. The average molecular weight is 535 g/mol. The number of hydrogen-bond acceptors (Lipinski definition) is 6. The summed E-state index contributed by atoms with van der Waals surface area (Å²) in [6.07, 6.45) is -1.37. The Kier molecular flexibility index (Phi) is 8.74. The SMILES string of the molecule is Cc1cc(C)cc(C(=O)N2CCCC3(CC(C(=O)N(C)Cc4ccccn4)=NO3)C2)c1.O=C(O)C(F)(F)F. The minimum Gasteiger partial charge on any atom is -0.475 e. The van der Waals surface area contributed by atoms with E-state index in [2.05, 4.69) is 16.2 Å². The van der Waals surface area contributed by atoms with Crippen LogP contribution in [0.4, 0.5) is 13.2 Å². The maximum Gasteiger partial charge on any atom is 0.490 e. The van der Waals surface area contributed by atoms with E-state index in [-0.39, 0.29) is 11.8 Å². The number of piperidine rings is 1. The van der Waals surface area contributed by atoms with Crippen LogP contribution >= 0.6 is 0 Å². The third kappa shape index (κ3) is 7.30. The number of nitrogens with zero attached hydrogens (tertiary/aromatic N) is 4. The van der Waals surface area contributed by atoms with Crippen LogP contribution < -0.4 is 0 Å². The molecule has 2 aliphatic heterocycles. The molecular formula is C26H29F3N4O5. The number of amides is 2. The van der Waals surface area contributed by atoms with Gasteiger partial charge in [-0.2, -0.15) is 13.2 Å². The lowest BCUT2D eigenvalue weighted by molar-refractivity contribution is -0.192. The fraction of sp³-hybridized carbons (Fsp3) is 0.423. The van der Waals surface area contributed by atoms with E-state index in [9.17, 15) is 22.8 Å². The van der Waals surface area contributed by atoms with Crippen LogP contribution in [0.1, 0.15) is 46.4 Å². The lowest BCUT2D eigenvalue weighted by Crippen LogP contribution is -2.51. The van der Waals surface area contributed by atoms with Crippen LogP contribution in [-0.2, 0) is 21.0 Å². The number of likely N-dealkylation sites (tertiary alicyclic amines) is 1. The molecule has 38 heavy (non-hydrogen) atoms. The highest BCUT2D eigenvalue weighted by Crippen LogP contribution is 2.34. The number of alkyl halides is 3. The third-order valence-corrected chi connectivity index (χ3v) is 6.10. The van der Waals surface area contributed by atoms with Gasteiger partial charge in [0.1, 0.15) is 5.71 Å². The lowest BCUT2D eigenvalue weighted by Gasteiger charge is -2.38. The zero-order valence-electron chi connectivity index (χ0n) is 21.3. The van der Waals surface area contributed by atoms with Crippen LogP contribution in [-0.4, -0.2) is 75.3 Å². The molecule has 1 aromatic carbocycles. The molecule has 3 heterocycles. The molecule has 1 fully saturated rings. The predicted octanol–water partition coefficient (Wildman–Crippen LogP) is 3.74. The highest BCUT2D eigenvalue weighted by Gasteiger charge is 2.46. The average Bonchev–Trinajstić information content (AvgIpc) is 3.25. The number of benzene rings is 1. The summed E-state index contributed by atoms with van der Waals surface area (Å²) in [5.74, 6) is -2.92. The zero-order chi connectivity index (χ0) is 28.1. The molecule has 1 atom stereocenters. The Morgan fingerprint density at radius 3 is 2.39 bits per heavy atom. The topological polar surface area (TPSA) is 112 Å². The third-order valence-electron chi connectivity index (χ3n) is 6.10. The standard InChI is InChI=1S/C24H28N4O3.C2HF3O2/c1-17-11-18(2)13-19(12-17)22(29)28-10-6-8-24(16-28)14-21(26-31-24)23(30)27(3)15-20-7-4-5-9-25-20;3-2(4,5)1(6)7/h4-5,7,9,11-13H,6,8,10,14-16H2,1-3H3;(H,6,7). The Labute approximate surface area is 217 Å². The summed E-state index contributed by atoms with van der Waals surface area (Å²) >= 11 is 0. The Morgan fingerprint density at radius 1 is 1.16 bits per heavy atom. The van der Waals surface area contributed by atoms with Gasteiger partial charge in [-0.05, 0) is 51.0 Å². The van der Waals surface area contributed by atoms with Gasteiger partial charge in [-0.1, -0.05) is 28.4 Å². The van der Waals surface area contributed by atoms with Crippen LogP contribution in [0.2, 0.25) is 0 Å². The van der Waals surface area contributed by atoms with E-state index in [0.717, 1.165) is 29.7 Å². The number of aromatic nitrogens is 1. The number of hydrogen-bond donors (Lipinski definition) is 1. The van der Waals surface area contributed by atoms with Gasteiger partial charge >= 0.3 is 12.1 Å². The van der Waals surface area contributed by atoms with E-state index in [0.29, 0.717) is 37.3 Å². The summed E-state index contributed by atoms with van der Waals surface area (Å²) in [4.78, 5) is 48.4. The van der Waals surface area contributed by atoms with Gasteiger partial charge in [-0.3, -0.25) is 14.6 Å². The van der Waals surface area contributed by atoms with Crippen molar-refractivity contribution in [2.75, 3.05) is 20.1 Å². The number of pyridine rings is 1. The molecule has 9 nitrogen and oxygen atoms in total. The summed E-state index contributed by atoms with van der Waals surface area (Å²) in [6, 6.07) is 11.5. The molecule has 1 saturated heterocycles. The number of carbonyl (C=O) groups is 3. The Bertz CT molecular complexity index is 1200. The van der Waals surface area contributed by atoms with Crippen molar-refractivity contribution >= 4 is 23.5 Å². The molecule has 1 unspecified atom stereocenters. The first kappa shape index (κ1) is 28.6. The molecule has 2 amide bonds. The second-order valence-electron chi connectivity index (χ2n) is 9.48. The number of aryl methyl sites for hydroxylation is 2. The molecule has 0 radical (unpaired) electrons. The highest BCUT2D eigenvalue weighted by molar-refractivity contribution is 6.39. The summed E-state index contributed by atoms with van der Waals surface area (Å²) in [7, 11) is 1.74. The fourth-order valence-corrected chi connectivity index (χ4v) is 4.43. The second kappa shape index (κ2) is 11.6. The van der Waals surface area contributed by atoms with Crippen molar-refractivity contribution in [3.63, 3.8) is 0 Å². The summed E-state index contributed by atoms with van der Waals surface area (Å²) in [6.45, 7) is 5.51. The first-order chi connectivity index (χ1) is 17.8. The van der Waals surface area contributed by atoms with Gasteiger partial charge in [-0.15, -0.1) is 0 Å². The number of carbonyl (C=O) groups excluding carboxylic acids is 2. The minimum absolute atomic E-state index is 0.00141. The molecule has 1 N–H and O–H groups in total. The highest BCUT2D eigenvalue weighted by atomic mass is 19.4. The Morgan fingerprint density at radius 2 is 1.82 bits per heavy atom. The van der Waals surface area contributed by atoms with Crippen LogP contribution in [0, 0.1) is 13.8 Å². The Hall–Kier alpha value is -3.96. The zero-order valence-corrected chi connectivity index (χ0v) is 21.3. The van der Waals surface area contributed by atoms with Crippen LogP contribution in [0.3, 0.4) is 0 Å². The maximum absolute atomic E-state index is 13.1. The van der Waals surface area contributed by atoms with E-state index in [4.69, 9.17) is 14.7 Å². The van der Waals surface area contributed by atoms with Crippen molar-refractivity contribution < 1.29 is 37.5 Å². The molecule has 204 valence electrons. The molecule has 4 rings (SSSR count). The predicted molar refractivity (Wildman–Crippen MR) is 131 cm³/mol. The van der Waals surface area contributed by atoms with Gasteiger partial charge in [0.2, 0.25) is 0 Å². The lowest BCUT2D eigenvalue weighted by atomic mass is 9.87. The van der Waals surface area contributed by atoms with Crippen molar-refractivity contribution in [2.45, 2.75) is 51.4 Å². The van der Waals surface area contributed by atoms with E-state index >= 15 is 0 Å². The number of carboxylic acid groups (broad SMARTS) is 1. The van der Waals surface area contributed by atoms with Crippen molar-refractivity contribution in [2.24, 2.45) is 5.16 Å². The smallest absolute Gasteiger partial charge is 0.475 e. The van der Waals surface area contributed by atoms with E-state index in [1.54, 1.807) is 18.1 Å². The molecule has 2 aromatic rings. The first-order valence-corrected chi connectivity index (χ1v) is 11.9. The minimum atomic E-state index is -5.08. The van der Waals surface area contributed by atoms with Gasteiger partial charge in [0.25, 0.3) is 11.8 Å². The molecule has 12 heteroatoms. The number of rotatable bonds is 4. The summed E-state index contributed by atoms with van der Waals surface area (Å²) < 4.78 is 31.7. The van der Waals surface area contributed by atoms with Gasteiger partial charge in [-0.25, -0.2) is 4.79 Å². The number of oxime groups is 1. The first-order valence-electron chi connectivity index (χ1n) is 11.9. The van der Waals surface area contributed by atoms with Crippen molar-refractivity contribution in [3.05, 3.63) is 65.0 Å². The summed E-state index contributed by atoms with van der Waals surface area (Å²) in [5, 5.41) is 11.3. The molecule has 2 aliphatic rings. The number of aliphatic carboxylic acids is 1. The molecule has 1 aromatic heterocycles. The van der Waals surface area contributed by atoms with E-state index < -0.39 is 17.7 Å². The molecule has 1 spiro atoms. The normalized spacial score (nSPS) is 18.7. The molecule has 0 saturated carbocycles. The van der Waals surface area contributed by atoms with Crippen LogP contribution in [0.25, 0.3) is 0 Å². The van der Waals surface area contributed by atoms with Gasteiger partial charge in [0, 0.05) is 31.8 Å². The van der Waals surface area contributed by atoms with Crippen molar-refractivity contribution in [1.82, 2.24) is 14.8 Å². The quantitative estimate of drug-likeness (QED) is 0.640. The maximum atomic E-state index is 13.1. The van der Waals surface area contributed by atoms with E-state index in [1.807, 2.05) is 49.1 Å². The molecule has 0 aliphatic carbocycles. The van der Waals surface area contributed by atoms with Crippen molar-refractivity contribution in [3.8, 4) is 0 Å². The molecular weight excluding hydrogens is 505 g/mol. The van der Waals surface area contributed by atoms with Crippen molar-refractivity contribution in [1.29, 1.82) is 0 Å². The number of halogens is 3. The van der Waals surface area contributed by atoms with Crippen LogP contribution in [0.5, 0.6) is 0 Å².